The second-order valence-electron chi connectivity index (χ2n) is 4.93. The average molecular weight is 253 g/mol. The maximum Gasteiger partial charge on any atom is 0.270 e. The van der Waals surface area contributed by atoms with Crippen LogP contribution in [0, 0.1) is 0 Å². The Balaban J connectivity index is 2.07. The van der Waals surface area contributed by atoms with E-state index in [-0.39, 0.29) is 24.0 Å². The maximum absolute atomic E-state index is 12.3. The largest absolute Gasteiger partial charge is 0.372 e. The van der Waals surface area contributed by atoms with Crippen molar-refractivity contribution in [2.24, 2.45) is 5.10 Å². The lowest BCUT2D eigenvalue weighted by Crippen LogP contribution is -2.51. The maximum atomic E-state index is 12.3. The molecule has 1 saturated heterocycles. The zero-order valence-corrected chi connectivity index (χ0v) is 11.0. The third-order valence-corrected chi connectivity index (χ3v) is 3.16. The smallest absolute Gasteiger partial charge is 0.270 e. The summed E-state index contributed by atoms with van der Waals surface area (Å²) in [5.41, 5.74) is 0.471. The monoisotopic (exact) mass is 253 g/mol. The number of amides is 2. The summed E-state index contributed by atoms with van der Waals surface area (Å²) in [7, 11) is 1.58. The molecule has 1 fully saturated rings. The highest BCUT2D eigenvalue weighted by atomic mass is 16.5. The SMILES string of the molecule is CC1CN(C(=O)C2=NN(C)C(=O)CC2)CC(C)O1. The predicted molar refractivity (Wildman–Crippen MR) is 66.0 cm³/mol. The van der Waals surface area contributed by atoms with Crippen molar-refractivity contribution < 1.29 is 14.3 Å². The van der Waals surface area contributed by atoms with Crippen molar-refractivity contribution in [3.8, 4) is 0 Å². The normalized spacial score (nSPS) is 29.3. The van der Waals surface area contributed by atoms with Crippen LogP contribution in [0.2, 0.25) is 0 Å². The molecule has 2 unspecified atom stereocenters. The highest BCUT2D eigenvalue weighted by molar-refractivity contribution is 6.39. The summed E-state index contributed by atoms with van der Waals surface area (Å²) >= 11 is 0. The Hall–Kier alpha value is -1.43. The van der Waals surface area contributed by atoms with Gasteiger partial charge < -0.3 is 9.64 Å². The van der Waals surface area contributed by atoms with Gasteiger partial charge >= 0.3 is 0 Å². The lowest BCUT2D eigenvalue weighted by molar-refractivity contribution is -0.136. The van der Waals surface area contributed by atoms with Gasteiger partial charge in [-0.25, -0.2) is 5.01 Å². The minimum atomic E-state index is -0.0728. The first-order valence-electron chi connectivity index (χ1n) is 6.26. The van der Waals surface area contributed by atoms with Crippen LogP contribution < -0.4 is 0 Å². The molecule has 0 saturated carbocycles. The number of morpholine rings is 1. The molecule has 2 heterocycles. The van der Waals surface area contributed by atoms with E-state index < -0.39 is 0 Å². The second kappa shape index (κ2) is 5.06. The van der Waals surface area contributed by atoms with Gasteiger partial charge in [0.05, 0.1) is 12.2 Å². The summed E-state index contributed by atoms with van der Waals surface area (Å²) in [6.07, 6.45) is 0.876. The van der Waals surface area contributed by atoms with Crippen molar-refractivity contribution in [1.82, 2.24) is 9.91 Å². The van der Waals surface area contributed by atoms with Gasteiger partial charge in [-0.05, 0) is 13.8 Å². The predicted octanol–water partition coefficient (Wildman–Crippen LogP) is 0.230. The van der Waals surface area contributed by atoms with Crippen LogP contribution in [0.3, 0.4) is 0 Å². The van der Waals surface area contributed by atoms with E-state index in [1.54, 1.807) is 11.9 Å². The van der Waals surface area contributed by atoms with E-state index in [1.807, 2.05) is 13.8 Å². The molecule has 2 rings (SSSR count). The highest BCUT2D eigenvalue weighted by Gasteiger charge is 2.30. The Kier molecular flexibility index (Phi) is 3.65. The van der Waals surface area contributed by atoms with Crippen molar-refractivity contribution in [1.29, 1.82) is 0 Å². The molecular formula is C12H19N3O3. The van der Waals surface area contributed by atoms with Gasteiger partial charge in [-0.2, -0.15) is 5.10 Å². The minimum absolute atomic E-state index is 0.0428. The number of nitrogens with zero attached hydrogens (tertiary/aromatic N) is 3. The second-order valence-corrected chi connectivity index (χ2v) is 4.93. The molecule has 6 nitrogen and oxygen atoms in total. The van der Waals surface area contributed by atoms with Crippen LogP contribution in [-0.4, -0.2) is 59.8 Å². The zero-order valence-electron chi connectivity index (χ0n) is 11.0. The molecule has 2 amide bonds. The number of rotatable bonds is 1. The summed E-state index contributed by atoms with van der Waals surface area (Å²) in [6, 6.07) is 0. The summed E-state index contributed by atoms with van der Waals surface area (Å²) in [5.74, 6) is -0.119. The van der Waals surface area contributed by atoms with Gasteiger partial charge in [-0.15, -0.1) is 0 Å². The van der Waals surface area contributed by atoms with E-state index in [4.69, 9.17) is 4.74 Å². The number of hydrogen-bond acceptors (Lipinski definition) is 4. The Morgan fingerprint density at radius 1 is 1.28 bits per heavy atom. The Morgan fingerprint density at radius 2 is 1.89 bits per heavy atom. The van der Waals surface area contributed by atoms with E-state index in [9.17, 15) is 9.59 Å². The number of carbonyl (C=O) groups excluding carboxylic acids is 2. The molecule has 0 aliphatic carbocycles. The molecule has 0 aromatic rings. The molecule has 0 radical (unpaired) electrons. The number of carbonyl (C=O) groups is 2. The summed E-state index contributed by atoms with van der Waals surface area (Å²) in [4.78, 5) is 25.4. The number of ether oxygens (including phenoxy) is 1. The first-order valence-corrected chi connectivity index (χ1v) is 6.26. The lowest BCUT2D eigenvalue weighted by atomic mass is 10.1. The van der Waals surface area contributed by atoms with Crippen LogP contribution in [-0.2, 0) is 14.3 Å². The van der Waals surface area contributed by atoms with E-state index in [1.165, 1.54) is 5.01 Å². The van der Waals surface area contributed by atoms with E-state index in [0.29, 0.717) is 31.6 Å². The average Bonchev–Trinajstić information content (AvgIpc) is 2.30. The third-order valence-electron chi connectivity index (χ3n) is 3.16. The van der Waals surface area contributed by atoms with Crippen LogP contribution in [0.1, 0.15) is 26.7 Å². The molecule has 100 valence electrons. The van der Waals surface area contributed by atoms with Gasteiger partial charge in [-0.1, -0.05) is 0 Å². The van der Waals surface area contributed by atoms with Crippen LogP contribution in [0.25, 0.3) is 0 Å². The quantitative estimate of drug-likeness (QED) is 0.672. The van der Waals surface area contributed by atoms with Crippen molar-refractivity contribution >= 4 is 17.5 Å². The van der Waals surface area contributed by atoms with Crippen molar-refractivity contribution in [2.75, 3.05) is 20.1 Å². The summed E-state index contributed by atoms with van der Waals surface area (Å²) in [6.45, 7) is 5.07. The highest BCUT2D eigenvalue weighted by Crippen LogP contribution is 2.14. The third kappa shape index (κ3) is 2.69. The molecule has 0 aromatic carbocycles. The van der Waals surface area contributed by atoms with E-state index in [0.717, 1.165) is 0 Å². The van der Waals surface area contributed by atoms with Crippen molar-refractivity contribution in [3.05, 3.63) is 0 Å². The fraction of sp³-hybridized carbons (Fsp3) is 0.750. The Morgan fingerprint density at radius 3 is 2.44 bits per heavy atom. The zero-order chi connectivity index (χ0) is 13.3. The van der Waals surface area contributed by atoms with Crippen molar-refractivity contribution in [3.63, 3.8) is 0 Å². The minimum Gasteiger partial charge on any atom is -0.372 e. The number of hydrogen-bond donors (Lipinski definition) is 0. The van der Waals surface area contributed by atoms with Crippen LogP contribution >= 0.6 is 0 Å². The molecule has 2 aliphatic heterocycles. The van der Waals surface area contributed by atoms with E-state index >= 15 is 0 Å². The van der Waals surface area contributed by atoms with Crippen LogP contribution in [0.5, 0.6) is 0 Å². The van der Waals surface area contributed by atoms with Gasteiger partial charge in [-0.3, -0.25) is 9.59 Å². The summed E-state index contributed by atoms with van der Waals surface area (Å²) in [5, 5.41) is 5.31. The Labute approximate surface area is 107 Å². The molecule has 6 heteroatoms. The molecule has 2 aliphatic rings. The molecule has 0 spiro atoms. The Bertz CT molecular complexity index is 384. The molecule has 0 bridgehead atoms. The first-order chi connectivity index (χ1) is 8.47. The molecular weight excluding hydrogens is 234 g/mol. The van der Waals surface area contributed by atoms with Gasteiger partial charge in [0, 0.05) is 33.0 Å². The molecule has 0 aromatic heterocycles. The fourth-order valence-electron chi connectivity index (χ4n) is 2.35. The molecule has 2 atom stereocenters. The van der Waals surface area contributed by atoms with Crippen LogP contribution in [0.15, 0.2) is 5.10 Å². The van der Waals surface area contributed by atoms with Crippen molar-refractivity contribution in [2.45, 2.75) is 38.9 Å². The molecule has 0 N–H and O–H groups in total. The fourth-order valence-corrected chi connectivity index (χ4v) is 2.35. The van der Waals surface area contributed by atoms with Gasteiger partial charge in [0.15, 0.2) is 0 Å². The molecule has 18 heavy (non-hydrogen) atoms. The number of hydrazone groups is 1. The van der Waals surface area contributed by atoms with Gasteiger partial charge in [0.1, 0.15) is 5.71 Å². The van der Waals surface area contributed by atoms with Gasteiger partial charge in [0.25, 0.3) is 5.91 Å². The first kappa shape index (κ1) is 13.0. The van der Waals surface area contributed by atoms with Crippen LogP contribution in [0.4, 0.5) is 0 Å². The standard InChI is InChI=1S/C12H19N3O3/c1-8-6-15(7-9(2)18-8)12(17)10-4-5-11(16)14(3)13-10/h8-9H,4-7H2,1-3H3. The van der Waals surface area contributed by atoms with Gasteiger partial charge in [0.2, 0.25) is 5.91 Å². The van der Waals surface area contributed by atoms with E-state index in [2.05, 4.69) is 5.10 Å². The lowest BCUT2D eigenvalue weighted by Gasteiger charge is -2.36. The topological polar surface area (TPSA) is 62.2 Å². The summed E-state index contributed by atoms with van der Waals surface area (Å²) < 4.78 is 5.59.